The summed E-state index contributed by atoms with van der Waals surface area (Å²) in [5.74, 6) is 0.547. The lowest BCUT2D eigenvalue weighted by atomic mass is 10.0. The van der Waals surface area contributed by atoms with Crippen LogP contribution in [-0.4, -0.2) is 4.98 Å². The van der Waals surface area contributed by atoms with Gasteiger partial charge in [0.15, 0.2) is 0 Å². The molecule has 2 rings (SSSR count). The van der Waals surface area contributed by atoms with E-state index in [0.717, 1.165) is 11.4 Å². The highest BCUT2D eigenvalue weighted by Gasteiger charge is 2.04. The van der Waals surface area contributed by atoms with Crippen LogP contribution in [0.1, 0.15) is 23.2 Å². The smallest absolute Gasteiger partial charge is 0.0900 e. The van der Waals surface area contributed by atoms with Gasteiger partial charge in [0, 0.05) is 6.20 Å². The third kappa shape index (κ3) is 2.66. The molecule has 1 aromatic rings. The van der Waals surface area contributed by atoms with Gasteiger partial charge in [0.1, 0.15) is 0 Å². The van der Waals surface area contributed by atoms with Crippen LogP contribution in [0.15, 0.2) is 36.6 Å². The van der Waals surface area contributed by atoms with Crippen molar-refractivity contribution in [2.45, 2.75) is 20.3 Å². The van der Waals surface area contributed by atoms with E-state index in [9.17, 15) is 0 Å². The van der Waals surface area contributed by atoms with Gasteiger partial charge >= 0.3 is 0 Å². The Morgan fingerprint density at radius 3 is 3.00 bits per heavy atom. The van der Waals surface area contributed by atoms with Crippen molar-refractivity contribution in [1.82, 2.24) is 4.98 Å². The zero-order chi connectivity index (χ0) is 10.7. The van der Waals surface area contributed by atoms with Crippen molar-refractivity contribution >= 4 is 16.9 Å². The van der Waals surface area contributed by atoms with E-state index in [-0.39, 0.29) is 0 Å². The van der Waals surface area contributed by atoms with E-state index in [1.54, 1.807) is 11.3 Å². The molecule has 0 aliphatic heterocycles. The van der Waals surface area contributed by atoms with Crippen LogP contribution in [0.4, 0.5) is 0 Å². The monoisotopic (exact) mass is 217 g/mol. The van der Waals surface area contributed by atoms with Crippen molar-refractivity contribution in [2.75, 3.05) is 0 Å². The van der Waals surface area contributed by atoms with Gasteiger partial charge in [-0.2, -0.15) is 0 Å². The maximum atomic E-state index is 4.29. The second kappa shape index (κ2) is 4.58. The van der Waals surface area contributed by atoms with Crippen molar-refractivity contribution in [2.24, 2.45) is 5.92 Å². The highest BCUT2D eigenvalue weighted by Crippen LogP contribution is 2.26. The molecule has 0 spiro atoms. The molecule has 1 atom stereocenters. The molecule has 0 saturated heterocycles. The molecule has 2 heteroatoms. The second-order valence-electron chi connectivity index (χ2n) is 3.81. The third-order valence-corrected chi connectivity index (χ3v) is 3.42. The number of aryl methyl sites for hydroxylation is 1. The molecular formula is C13H15NS. The molecule has 0 radical (unpaired) electrons. The minimum absolute atomic E-state index is 0.547. The lowest BCUT2D eigenvalue weighted by molar-refractivity contribution is 0.932. The predicted octanol–water partition coefficient (Wildman–Crippen LogP) is 3.99. The van der Waals surface area contributed by atoms with Crippen molar-refractivity contribution in [3.05, 3.63) is 46.5 Å². The molecule has 1 nitrogen and oxygen atoms in total. The number of rotatable bonds is 1. The maximum absolute atomic E-state index is 4.29. The van der Waals surface area contributed by atoms with Gasteiger partial charge in [-0.15, -0.1) is 11.3 Å². The Hall–Kier alpha value is -1.15. The summed E-state index contributed by atoms with van der Waals surface area (Å²) >= 11 is 1.76. The average molecular weight is 217 g/mol. The van der Waals surface area contributed by atoms with Crippen LogP contribution in [0, 0.1) is 12.8 Å². The Morgan fingerprint density at radius 1 is 1.40 bits per heavy atom. The molecule has 0 N–H and O–H groups in total. The van der Waals surface area contributed by atoms with Crippen molar-refractivity contribution in [1.29, 1.82) is 0 Å². The molecule has 1 heterocycles. The number of allylic oxidation sites excluding steroid dienone is 6. The van der Waals surface area contributed by atoms with Gasteiger partial charge in [0.05, 0.1) is 9.88 Å². The largest absolute Gasteiger partial charge is 0.249 e. The van der Waals surface area contributed by atoms with Gasteiger partial charge in [0.25, 0.3) is 0 Å². The number of nitrogens with zero attached hydrogens (tertiary/aromatic N) is 1. The van der Waals surface area contributed by atoms with Gasteiger partial charge < -0.3 is 0 Å². The first-order chi connectivity index (χ1) is 7.25. The molecular weight excluding hydrogens is 202 g/mol. The summed E-state index contributed by atoms with van der Waals surface area (Å²) in [6, 6.07) is 0. The minimum Gasteiger partial charge on any atom is -0.249 e. The van der Waals surface area contributed by atoms with Gasteiger partial charge in [-0.05, 0) is 24.8 Å². The molecule has 1 aliphatic rings. The fourth-order valence-corrected chi connectivity index (χ4v) is 2.39. The van der Waals surface area contributed by atoms with E-state index >= 15 is 0 Å². The zero-order valence-electron chi connectivity index (χ0n) is 9.10. The van der Waals surface area contributed by atoms with Gasteiger partial charge in [-0.1, -0.05) is 37.3 Å². The van der Waals surface area contributed by atoms with Crippen LogP contribution in [0.3, 0.4) is 0 Å². The Balaban J connectivity index is 2.26. The third-order valence-electron chi connectivity index (χ3n) is 2.43. The number of hydrogen-bond donors (Lipinski definition) is 0. The van der Waals surface area contributed by atoms with E-state index in [1.165, 1.54) is 10.5 Å². The summed E-state index contributed by atoms with van der Waals surface area (Å²) in [7, 11) is 0. The van der Waals surface area contributed by atoms with Crippen molar-refractivity contribution < 1.29 is 0 Å². The van der Waals surface area contributed by atoms with Gasteiger partial charge in [0.2, 0.25) is 0 Å². The van der Waals surface area contributed by atoms with Crippen LogP contribution in [0.25, 0.3) is 5.57 Å². The lowest BCUT2D eigenvalue weighted by Gasteiger charge is -2.04. The number of thiazole rings is 1. The lowest BCUT2D eigenvalue weighted by Crippen LogP contribution is -1.86. The fourth-order valence-electron chi connectivity index (χ4n) is 1.58. The molecule has 0 amide bonds. The summed E-state index contributed by atoms with van der Waals surface area (Å²) in [6.07, 6.45) is 14.0. The standard InChI is InChI=1S/C13H15NS/c1-10-5-3-7-12(8-4-6-10)13-9-14-11(2)15-13/h3-7,9-10H,8H2,1-2H3/b5-3-,6-4-,12-7+. The maximum Gasteiger partial charge on any atom is 0.0900 e. The highest BCUT2D eigenvalue weighted by atomic mass is 32.1. The normalized spacial score (nSPS) is 28.7. The molecule has 1 unspecified atom stereocenters. The molecule has 1 aromatic heterocycles. The predicted molar refractivity (Wildman–Crippen MR) is 66.9 cm³/mol. The van der Waals surface area contributed by atoms with Crippen LogP contribution in [0.5, 0.6) is 0 Å². The first-order valence-electron chi connectivity index (χ1n) is 5.22. The Bertz CT molecular complexity index is 423. The number of hydrogen-bond acceptors (Lipinski definition) is 2. The van der Waals surface area contributed by atoms with Crippen LogP contribution >= 0.6 is 11.3 Å². The molecule has 0 saturated carbocycles. The van der Waals surface area contributed by atoms with E-state index in [1.807, 2.05) is 13.1 Å². The Kier molecular flexibility index (Phi) is 3.17. The van der Waals surface area contributed by atoms with E-state index in [0.29, 0.717) is 5.92 Å². The second-order valence-corrected chi connectivity index (χ2v) is 5.05. The molecule has 78 valence electrons. The number of aromatic nitrogens is 1. The molecule has 15 heavy (non-hydrogen) atoms. The Labute approximate surface area is 94.9 Å². The van der Waals surface area contributed by atoms with E-state index < -0.39 is 0 Å². The molecule has 0 fully saturated rings. The van der Waals surface area contributed by atoms with Crippen LogP contribution in [0.2, 0.25) is 0 Å². The van der Waals surface area contributed by atoms with Gasteiger partial charge in [-0.3, -0.25) is 0 Å². The van der Waals surface area contributed by atoms with Crippen LogP contribution in [-0.2, 0) is 0 Å². The zero-order valence-corrected chi connectivity index (χ0v) is 9.92. The fraction of sp³-hybridized carbons (Fsp3) is 0.308. The Morgan fingerprint density at radius 2 is 2.27 bits per heavy atom. The average Bonchev–Trinajstić information content (AvgIpc) is 2.58. The first-order valence-corrected chi connectivity index (χ1v) is 6.04. The molecule has 0 bridgehead atoms. The molecule has 1 aliphatic carbocycles. The van der Waals surface area contributed by atoms with E-state index in [2.05, 4.69) is 42.3 Å². The van der Waals surface area contributed by atoms with Crippen molar-refractivity contribution in [3.63, 3.8) is 0 Å². The highest BCUT2D eigenvalue weighted by molar-refractivity contribution is 7.12. The summed E-state index contributed by atoms with van der Waals surface area (Å²) < 4.78 is 0. The summed E-state index contributed by atoms with van der Waals surface area (Å²) in [4.78, 5) is 5.58. The van der Waals surface area contributed by atoms with Crippen LogP contribution < -0.4 is 0 Å². The molecule has 0 aromatic carbocycles. The summed E-state index contributed by atoms with van der Waals surface area (Å²) in [6.45, 7) is 4.24. The summed E-state index contributed by atoms with van der Waals surface area (Å²) in [5.41, 5.74) is 1.36. The van der Waals surface area contributed by atoms with Gasteiger partial charge in [-0.25, -0.2) is 4.98 Å². The topological polar surface area (TPSA) is 12.9 Å². The van der Waals surface area contributed by atoms with E-state index in [4.69, 9.17) is 0 Å². The van der Waals surface area contributed by atoms with Crippen molar-refractivity contribution in [3.8, 4) is 0 Å². The summed E-state index contributed by atoms with van der Waals surface area (Å²) in [5, 5.41) is 1.13. The first kappa shape index (κ1) is 10.4. The minimum atomic E-state index is 0.547. The SMILES string of the molecule is Cc1ncc(/C2=C/C=C\C(C)/C=C\C2)s1. The quantitative estimate of drug-likeness (QED) is 0.648.